The van der Waals surface area contributed by atoms with Crippen LogP contribution >= 0.6 is 15.9 Å². The summed E-state index contributed by atoms with van der Waals surface area (Å²) in [7, 11) is 1.94. The van der Waals surface area contributed by atoms with Crippen LogP contribution in [-0.2, 0) is 6.54 Å². The van der Waals surface area contributed by atoms with Gasteiger partial charge in [0, 0.05) is 16.4 Å². The Kier molecular flexibility index (Phi) is 3.03. The maximum atomic E-state index is 4.62. The molecule has 1 N–H and O–H groups in total. The number of nitrogens with one attached hydrogen (secondary N) is 1. The first-order chi connectivity index (χ1) is 7.20. The van der Waals surface area contributed by atoms with Crippen LogP contribution < -0.4 is 5.32 Å². The molecular formula is C12H13BrN2. The van der Waals surface area contributed by atoms with Crippen molar-refractivity contribution < 1.29 is 0 Å². The number of rotatable bonds is 2. The largest absolute Gasteiger partial charge is 0.314 e. The maximum absolute atomic E-state index is 4.62. The van der Waals surface area contributed by atoms with Crippen LogP contribution in [0.2, 0.25) is 0 Å². The van der Waals surface area contributed by atoms with E-state index in [0.717, 1.165) is 22.2 Å². The van der Waals surface area contributed by atoms with Crippen LogP contribution in [0.15, 0.2) is 28.7 Å². The van der Waals surface area contributed by atoms with Gasteiger partial charge < -0.3 is 5.32 Å². The standard InChI is InChI=1S/C12H13BrN2/c1-8-5-9-6-10(13)3-4-11(9)15-12(8)7-14-2/h3-6,14H,7H2,1-2H3. The number of fused-ring (bicyclic) bond motifs is 1. The van der Waals surface area contributed by atoms with E-state index < -0.39 is 0 Å². The molecule has 0 aliphatic heterocycles. The van der Waals surface area contributed by atoms with E-state index in [9.17, 15) is 0 Å². The molecule has 1 aromatic heterocycles. The maximum Gasteiger partial charge on any atom is 0.0706 e. The predicted octanol–water partition coefficient (Wildman–Crippen LogP) is 3.03. The fraction of sp³-hybridized carbons (Fsp3) is 0.250. The van der Waals surface area contributed by atoms with Crippen LogP contribution in [0.5, 0.6) is 0 Å². The zero-order valence-electron chi connectivity index (χ0n) is 8.84. The van der Waals surface area contributed by atoms with Gasteiger partial charge in [-0.25, -0.2) is 0 Å². The molecule has 0 bridgehead atoms. The molecule has 2 rings (SSSR count). The van der Waals surface area contributed by atoms with Crippen molar-refractivity contribution in [1.82, 2.24) is 10.3 Å². The van der Waals surface area contributed by atoms with Crippen molar-refractivity contribution in [3.63, 3.8) is 0 Å². The Bertz CT molecular complexity index is 494. The third-order valence-electron chi connectivity index (χ3n) is 2.42. The number of pyridine rings is 1. The van der Waals surface area contributed by atoms with Crippen LogP contribution in [0.25, 0.3) is 10.9 Å². The Hall–Kier alpha value is -0.930. The number of hydrogen-bond donors (Lipinski definition) is 1. The molecule has 0 fully saturated rings. The van der Waals surface area contributed by atoms with Gasteiger partial charge >= 0.3 is 0 Å². The molecule has 0 amide bonds. The van der Waals surface area contributed by atoms with E-state index >= 15 is 0 Å². The van der Waals surface area contributed by atoms with E-state index in [2.05, 4.69) is 45.3 Å². The van der Waals surface area contributed by atoms with Crippen molar-refractivity contribution in [3.8, 4) is 0 Å². The molecular weight excluding hydrogens is 252 g/mol. The van der Waals surface area contributed by atoms with Crippen molar-refractivity contribution in [2.45, 2.75) is 13.5 Å². The SMILES string of the molecule is CNCc1nc2ccc(Br)cc2cc1C. The lowest BCUT2D eigenvalue weighted by atomic mass is 10.1. The minimum Gasteiger partial charge on any atom is -0.314 e. The minimum atomic E-state index is 0.817. The van der Waals surface area contributed by atoms with Crippen molar-refractivity contribution in [2.75, 3.05) is 7.05 Å². The highest BCUT2D eigenvalue weighted by atomic mass is 79.9. The topological polar surface area (TPSA) is 24.9 Å². The van der Waals surface area contributed by atoms with E-state index in [1.807, 2.05) is 19.2 Å². The second kappa shape index (κ2) is 4.29. The van der Waals surface area contributed by atoms with E-state index in [1.165, 1.54) is 10.9 Å². The first-order valence-electron chi connectivity index (χ1n) is 4.91. The second-order valence-electron chi connectivity index (χ2n) is 3.62. The predicted molar refractivity (Wildman–Crippen MR) is 66.9 cm³/mol. The third-order valence-corrected chi connectivity index (χ3v) is 2.91. The van der Waals surface area contributed by atoms with Crippen LogP contribution in [0.4, 0.5) is 0 Å². The number of aromatic nitrogens is 1. The molecule has 3 heteroatoms. The van der Waals surface area contributed by atoms with Crippen molar-refractivity contribution in [1.29, 1.82) is 0 Å². The summed E-state index contributed by atoms with van der Waals surface area (Å²) in [5.74, 6) is 0. The quantitative estimate of drug-likeness (QED) is 0.902. The Morgan fingerprint density at radius 3 is 2.87 bits per heavy atom. The summed E-state index contributed by atoms with van der Waals surface area (Å²) < 4.78 is 1.09. The van der Waals surface area contributed by atoms with Crippen LogP contribution in [0, 0.1) is 6.92 Å². The third kappa shape index (κ3) is 2.19. The highest BCUT2D eigenvalue weighted by Gasteiger charge is 2.02. The molecule has 0 aliphatic carbocycles. The average Bonchev–Trinajstić information content (AvgIpc) is 2.20. The lowest BCUT2D eigenvalue weighted by Gasteiger charge is -2.06. The monoisotopic (exact) mass is 264 g/mol. The Balaban J connectivity index is 2.60. The summed E-state index contributed by atoms with van der Waals surface area (Å²) >= 11 is 3.47. The fourth-order valence-corrected chi connectivity index (χ4v) is 2.02. The molecule has 2 nitrogen and oxygen atoms in total. The minimum absolute atomic E-state index is 0.817. The highest BCUT2D eigenvalue weighted by molar-refractivity contribution is 9.10. The van der Waals surface area contributed by atoms with Crippen molar-refractivity contribution in [3.05, 3.63) is 40.0 Å². The van der Waals surface area contributed by atoms with E-state index in [-0.39, 0.29) is 0 Å². The number of benzene rings is 1. The summed E-state index contributed by atoms with van der Waals surface area (Å²) in [5.41, 5.74) is 3.40. The van der Waals surface area contributed by atoms with Gasteiger partial charge in [-0.3, -0.25) is 4.98 Å². The number of nitrogens with zero attached hydrogens (tertiary/aromatic N) is 1. The van der Waals surface area contributed by atoms with Crippen molar-refractivity contribution in [2.24, 2.45) is 0 Å². The summed E-state index contributed by atoms with van der Waals surface area (Å²) in [6.07, 6.45) is 0. The van der Waals surface area contributed by atoms with Gasteiger partial charge in [-0.1, -0.05) is 15.9 Å². The Labute approximate surface area is 97.8 Å². The first kappa shape index (κ1) is 10.6. The molecule has 0 saturated heterocycles. The Morgan fingerprint density at radius 2 is 2.13 bits per heavy atom. The fourth-order valence-electron chi connectivity index (χ4n) is 1.64. The first-order valence-corrected chi connectivity index (χ1v) is 5.70. The zero-order valence-corrected chi connectivity index (χ0v) is 10.4. The van der Waals surface area contributed by atoms with Gasteiger partial charge in [-0.15, -0.1) is 0 Å². The van der Waals surface area contributed by atoms with Gasteiger partial charge in [0.15, 0.2) is 0 Å². The van der Waals surface area contributed by atoms with E-state index in [0.29, 0.717) is 0 Å². The van der Waals surface area contributed by atoms with Gasteiger partial charge in [0.2, 0.25) is 0 Å². The summed E-state index contributed by atoms with van der Waals surface area (Å²) in [6.45, 7) is 2.91. The second-order valence-corrected chi connectivity index (χ2v) is 4.53. The number of aryl methyl sites for hydroxylation is 1. The molecule has 0 atom stereocenters. The molecule has 1 aromatic carbocycles. The van der Waals surface area contributed by atoms with E-state index in [4.69, 9.17) is 0 Å². The molecule has 0 unspecified atom stereocenters. The average molecular weight is 265 g/mol. The van der Waals surface area contributed by atoms with E-state index in [1.54, 1.807) is 0 Å². The summed E-state index contributed by atoms with van der Waals surface area (Å²) in [6, 6.07) is 8.34. The lowest BCUT2D eigenvalue weighted by molar-refractivity contribution is 0.789. The van der Waals surface area contributed by atoms with Crippen LogP contribution in [0.3, 0.4) is 0 Å². The van der Waals surface area contributed by atoms with Gasteiger partial charge in [0.05, 0.1) is 11.2 Å². The normalized spacial score (nSPS) is 10.9. The molecule has 0 saturated carbocycles. The number of halogens is 1. The van der Waals surface area contributed by atoms with Gasteiger partial charge in [0.25, 0.3) is 0 Å². The molecule has 78 valence electrons. The van der Waals surface area contributed by atoms with Crippen LogP contribution in [0.1, 0.15) is 11.3 Å². The van der Waals surface area contributed by atoms with Gasteiger partial charge in [0.1, 0.15) is 0 Å². The Morgan fingerprint density at radius 1 is 1.33 bits per heavy atom. The smallest absolute Gasteiger partial charge is 0.0706 e. The summed E-state index contributed by atoms with van der Waals surface area (Å²) in [5, 5.41) is 4.31. The van der Waals surface area contributed by atoms with Gasteiger partial charge in [-0.05, 0) is 43.8 Å². The summed E-state index contributed by atoms with van der Waals surface area (Å²) in [4.78, 5) is 4.62. The molecule has 1 heterocycles. The van der Waals surface area contributed by atoms with Gasteiger partial charge in [-0.2, -0.15) is 0 Å². The highest BCUT2D eigenvalue weighted by Crippen LogP contribution is 2.20. The molecule has 0 spiro atoms. The van der Waals surface area contributed by atoms with Crippen LogP contribution in [-0.4, -0.2) is 12.0 Å². The molecule has 2 aromatic rings. The molecule has 15 heavy (non-hydrogen) atoms. The van der Waals surface area contributed by atoms with Crippen molar-refractivity contribution >= 4 is 26.8 Å². The molecule has 0 aliphatic rings. The zero-order chi connectivity index (χ0) is 10.8. The number of hydrogen-bond acceptors (Lipinski definition) is 2. The lowest BCUT2D eigenvalue weighted by Crippen LogP contribution is -2.08. The molecule has 0 radical (unpaired) electrons.